The van der Waals surface area contributed by atoms with Crippen LogP contribution in [0.1, 0.15) is 16.7 Å². The van der Waals surface area contributed by atoms with Crippen LogP contribution in [-0.2, 0) is 13.1 Å². The van der Waals surface area contributed by atoms with Gasteiger partial charge >= 0.3 is 0 Å². The van der Waals surface area contributed by atoms with E-state index in [1.807, 2.05) is 42.5 Å². The number of rotatable bonds is 5. The number of hydrogen-bond donors (Lipinski definition) is 0. The van der Waals surface area contributed by atoms with Gasteiger partial charge in [0.25, 0.3) is 0 Å². The quantitative estimate of drug-likeness (QED) is 0.624. The zero-order chi connectivity index (χ0) is 16.8. The Labute approximate surface area is 147 Å². The van der Waals surface area contributed by atoms with E-state index in [0.717, 1.165) is 5.69 Å². The summed E-state index contributed by atoms with van der Waals surface area (Å²) in [4.78, 5) is 2.19. The number of benzene rings is 3. The smallest absolute Gasteiger partial charge is 0.101 e. The van der Waals surface area contributed by atoms with Gasteiger partial charge in [0.1, 0.15) is 6.07 Å². The van der Waals surface area contributed by atoms with E-state index in [2.05, 4.69) is 35.2 Å². The van der Waals surface area contributed by atoms with Gasteiger partial charge in [0.15, 0.2) is 0 Å². The third-order valence-electron chi connectivity index (χ3n) is 3.85. The van der Waals surface area contributed by atoms with Crippen LogP contribution in [0.15, 0.2) is 78.9 Å². The van der Waals surface area contributed by atoms with E-state index in [-0.39, 0.29) is 0 Å². The maximum atomic E-state index is 9.47. The van der Waals surface area contributed by atoms with Crippen molar-refractivity contribution < 1.29 is 0 Å². The van der Waals surface area contributed by atoms with Gasteiger partial charge in [0.05, 0.1) is 11.3 Å². The number of anilines is 1. The zero-order valence-electron chi connectivity index (χ0n) is 13.2. The largest absolute Gasteiger partial charge is 0.362 e. The van der Waals surface area contributed by atoms with Gasteiger partial charge in [-0.25, -0.2) is 0 Å². The van der Waals surface area contributed by atoms with E-state index >= 15 is 0 Å². The molecule has 24 heavy (non-hydrogen) atoms. The van der Waals surface area contributed by atoms with Gasteiger partial charge in [-0.1, -0.05) is 72.3 Å². The minimum Gasteiger partial charge on any atom is -0.362 e. The van der Waals surface area contributed by atoms with Crippen molar-refractivity contribution in [1.29, 1.82) is 5.26 Å². The van der Waals surface area contributed by atoms with Crippen molar-refractivity contribution in [2.75, 3.05) is 4.90 Å². The molecule has 3 aromatic rings. The summed E-state index contributed by atoms with van der Waals surface area (Å²) >= 11 is 6.19. The molecule has 2 nitrogen and oxygen atoms in total. The second-order valence-electron chi connectivity index (χ2n) is 5.60. The van der Waals surface area contributed by atoms with Crippen LogP contribution in [0.5, 0.6) is 0 Å². The molecule has 0 aromatic heterocycles. The molecular weight excluding hydrogens is 316 g/mol. The fraction of sp³-hybridized carbons (Fsp3) is 0.0952. The number of halogens is 1. The van der Waals surface area contributed by atoms with Gasteiger partial charge in [-0.2, -0.15) is 5.26 Å². The molecule has 0 aliphatic carbocycles. The highest BCUT2D eigenvalue weighted by molar-refractivity contribution is 6.30. The Balaban J connectivity index is 1.98. The summed E-state index contributed by atoms with van der Waals surface area (Å²) in [5.74, 6) is 0. The lowest BCUT2D eigenvalue weighted by Crippen LogP contribution is -2.23. The Morgan fingerprint density at radius 1 is 0.792 bits per heavy atom. The standard InChI is InChI=1S/C21H17ClN2/c22-20-12-11-19(14-23)21(13-20)24(15-17-7-3-1-4-8-17)16-18-9-5-2-6-10-18/h1-13H,15-16H2. The highest BCUT2D eigenvalue weighted by Gasteiger charge is 2.13. The monoisotopic (exact) mass is 332 g/mol. The van der Waals surface area contributed by atoms with Crippen LogP contribution in [0.25, 0.3) is 0 Å². The van der Waals surface area contributed by atoms with Crippen molar-refractivity contribution in [3.8, 4) is 6.07 Å². The number of hydrogen-bond acceptors (Lipinski definition) is 2. The van der Waals surface area contributed by atoms with Crippen LogP contribution in [0, 0.1) is 11.3 Å². The van der Waals surface area contributed by atoms with Crippen LogP contribution < -0.4 is 4.90 Å². The molecule has 0 fully saturated rings. The van der Waals surface area contributed by atoms with Gasteiger partial charge in [-0.15, -0.1) is 0 Å². The van der Waals surface area contributed by atoms with Crippen LogP contribution in [0.4, 0.5) is 5.69 Å². The summed E-state index contributed by atoms with van der Waals surface area (Å²) in [7, 11) is 0. The molecule has 3 rings (SSSR count). The summed E-state index contributed by atoms with van der Waals surface area (Å²) < 4.78 is 0. The topological polar surface area (TPSA) is 27.0 Å². The first-order chi connectivity index (χ1) is 11.8. The molecule has 0 radical (unpaired) electrons. The van der Waals surface area contributed by atoms with E-state index in [4.69, 9.17) is 11.6 Å². The predicted molar refractivity (Wildman–Crippen MR) is 98.9 cm³/mol. The molecule has 3 heteroatoms. The first-order valence-electron chi connectivity index (χ1n) is 7.79. The molecular formula is C21H17ClN2. The third-order valence-corrected chi connectivity index (χ3v) is 4.09. The third kappa shape index (κ3) is 3.95. The minimum atomic E-state index is 0.631. The minimum absolute atomic E-state index is 0.631. The van der Waals surface area contributed by atoms with E-state index < -0.39 is 0 Å². The highest BCUT2D eigenvalue weighted by atomic mass is 35.5. The summed E-state index contributed by atoms with van der Waals surface area (Å²) in [5.41, 5.74) is 3.87. The van der Waals surface area contributed by atoms with E-state index in [0.29, 0.717) is 23.7 Å². The highest BCUT2D eigenvalue weighted by Crippen LogP contribution is 2.27. The van der Waals surface area contributed by atoms with E-state index in [1.165, 1.54) is 11.1 Å². The Morgan fingerprint density at radius 3 is 1.83 bits per heavy atom. The van der Waals surface area contributed by atoms with Gasteiger partial charge in [0.2, 0.25) is 0 Å². The van der Waals surface area contributed by atoms with Gasteiger partial charge in [-0.05, 0) is 29.3 Å². The molecule has 0 spiro atoms. The van der Waals surface area contributed by atoms with Crippen LogP contribution in [-0.4, -0.2) is 0 Å². The lowest BCUT2D eigenvalue weighted by atomic mass is 10.1. The molecule has 0 aliphatic heterocycles. The molecule has 0 bridgehead atoms. The summed E-state index contributed by atoms with van der Waals surface area (Å²) in [6.45, 7) is 1.43. The van der Waals surface area contributed by atoms with Crippen LogP contribution >= 0.6 is 11.6 Å². The Bertz CT molecular complexity index is 797. The summed E-state index contributed by atoms with van der Waals surface area (Å²) in [6, 6.07) is 28.2. The van der Waals surface area contributed by atoms with Crippen molar-refractivity contribution in [2.45, 2.75) is 13.1 Å². The van der Waals surface area contributed by atoms with Crippen molar-refractivity contribution in [3.63, 3.8) is 0 Å². The molecule has 0 aliphatic rings. The second kappa shape index (κ2) is 7.68. The van der Waals surface area contributed by atoms with Crippen LogP contribution in [0.2, 0.25) is 5.02 Å². The lowest BCUT2D eigenvalue weighted by molar-refractivity contribution is 0.798. The molecule has 118 valence electrons. The average Bonchev–Trinajstić information content (AvgIpc) is 2.63. The predicted octanol–water partition coefficient (Wildman–Crippen LogP) is 5.42. The molecule has 0 N–H and O–H groups in total. The summed E-state index contributed by atoms with van der Waals surface area (Å²) in [6.07, 6.45) is 0. The maximum Gasteiger partial charge on any atom is 0.101 e. The SMILES string of the molecule is N#Cc1ccc(Cl)cc1N(Cc1ccccc1)Cc1ccccc1. The Kier molecular flexibility index (Phi) is 5.15. The molecule has 0 heterocycles. The first kappa shape index (κ1) is 16.1. The molecule has 0 atom stereocenters. The summed E-state index contributed by atoms with van der Waals surface area (Å²) in [5, 5.41) is 10.1. The average molecular weight is 333 g/mol. The zero-order valence-corrected chi connectivity index (χ0v) is 13.9. The molecule has 0 amide bonds. The molecule has 0 saturated heterocycles. The van der Waals surface area contributed by atoms with Crippen molar-refractivity contribution in [2.24, 2.45) is 0 Å². The van der Waals surface area contributed by atoms with Gasteiger partial charge in [0, 0.05) is 18.1 Å². The number of nitrogens with zero attached hydrogens (tertiary/aromatic N) is 2. The molecule has 0 saturated carbocycles. The Morgan fingerprint density at radius 2 is 1.33 bits per heavy atom. The normalized spacial score (nSPS) is 10.2. The number of nitriles is 1. The maximum absolute atomic E-state index is 9.47. The van der Waals surface area contributed by atoms with Crippen molar-refractivity contribution in [1.82, 2.24) is 0 Å². The van der Waals surface area contributed by atoms with Gasteiger partial charge in [-0.3, -0.25) is 0 Å². The molecule has 0 unspecified atom stereocenters. The fourth-order valence-electron chi connectivity index (χ4n) is 2.69. The van der Waals surface area contributed by atoms with E-state index in [9.17, 15) is 5.26 Å². The van der Waals surface area contributed by atoms with Crippen molar-refractivity contribution >= 4 is 17.3 Å². The van der Waals surface area contributed by atoms with Crippen LogP contribution in [0.3, 0.4) is 0 Å². The van der Waals surface area contributed by atoms with Crippen molar-refractivity contribution in [3.05, 3.63) is 101 Å². The molecule has 3 aromatic carbocycles. The first-order valence-corrected chi connectivity index (χ1v) is 8.16. The fourth-order valence-corrected chi connectivity index (χ4v) is 2.86. The van der Waals surface area contributed by atoms with E-state index in [1.54, 1.807) is 12.1 Å². The lowest BCUT2D eigenvalue weighted by Gasteiger charge is -2.26. The Hall–Kier alpha value is -2.76. The second-order valence-corrected chi connectivity index (χ2v) is 6.04. The van der Waals surface area contributed by atoms with Gasteiger partial charge < -0.3 is 4.90 Å².